The second-order valence-electron chi connectivity index (χ2n) is 0.610. The predicted octanol–water partition coefficient (Wildman–Crippen LogP) is -0.847. The molecule has 0 fully saturated rings. The standard InChI is InChI=1S/C2H2O4.Ce.Lu.Y/c3-1(4)2(5)6;;;/h(H,3,4)(H,5,6);;;. The number of aliphatic carboxylic acids is 2. The molecule has 0 aliphatic carbocycles. The molecule has 0 spiro atoms. The summed E-state index contributed by atoms with van der Waals surface area (Å²) in [5.41, 5.74) is 0. The molecule has 0 atom stereocenters. The van der Waals surface area contributed by atoms with Crippen molar-refractivity contribution in [2.75, 3.05) is 0 Å². The number of carboxylic acids is 2. The topological polar surface area (TPSA) is 74.6 Å². The second-order valence-corrected chi connectivity index (χ2v) is 0.610. The first-order chi connectivity index (χ1) is 2.64. The Morgan fingerprint density at radius 2 is 1.11 bits per heavy atom. The van der Waals surface area contributed by atoms with Gasteiger partial charge >= 0.3 is 11.9 Å². The summed E-state index contributed by atoms with van der Waals surface area (Å²) in [7, 11) is 0. The molecule has 56 valence electrons. The van der Waals surface area contributed by atoms with E-state index in [0.717, 1.165) is 0 Å². The van der Waals surface area contributed by atoms with Gasteiger partial charge in [0.25, 0.3) is 0 Å². The van der Waals surface area contributed by atoms with Crippen molar-refractivity contribution in [3.8, 4) is 0 Å². The number of hydrogen-bond acceptors (Lipinski definition) is 2. The molecule has 0 aliphatic heterocycles. The summed E-state index contributed by atoms with van der Waals surface area (Å²) in [6.45, 7) is 0. The monoisotopic (exact) mass is 494 g/mol. The quantitative estimate of drug-likeness (QED) is 0.431. The van der Waals surface area contributed by atoms with Gasteiger partial charge in [0.05, 0.1) is 0 Å². The minimum atomic E-state index is -1.82. The van der Waals surface area contributed by atoms with Crippen LogP contribution in [0.4, 0.5) is 0 Å². The van der Waals surface area contributed by atoms with Gasteiger partial charge in [0, 0.05) is 111 Å². The van der Waals surface area contributed by atoms with E-state index in [9.17, 15) is 0 Å². The molecule has 7 heteroatoms. The largest absolute Gasteiger partial charge is 0.473 e. The molecule has 2 radical (unpaired) electrons. The van der Waals surface area contributed by atoms with Crippen molar-refractivity contribution < 1.29 is 131 Å². The summed E-state index contributed by atoms with van der Waals surface area (Å²) in [4.78, 5) is 18.2. The Labute approximate surface area is 140 Å². The third-order valence-electron chi connectivity index (χ3n) is 0.183. The van der Waals surface area contributed by atoms with Crippen molar-refractivity contribution in [3.05, 3.63) is 0 Å². The molecule has 9 heavy (non-hydrogen) atoms. The van der Waals surface area contributed by atoms with Crippen LogP contribution in [0.15, 0.2) is 0 Å². The van der Waals surface area contributed by atoms with E-state index in [0.29, 0.717) is 0 Å². The van der Waals surface area contributed by atoms with Crippen LogP contribution in [0.3, 0.4) is 0 Å². The van der Waals surface area contributed by atoms with Crippen LogP contribution in [-0.2, 0) is 42.3 Å². The zero-order valence-electron chi connectivity index (χ0n) is 4.05. The van der Waals surface area contributed by atoms with E-state index < -0.39 is 11.9 Å². The third-order valence-corrected chi connectivity index (χ3v) is 0.183. The molecule has 0 rings (SSSR count). The van der Waals surface area contributed by atoms with Crippen molar-refractivity contribution in [2.24, 2.45) is 0 Å². The fourth-order valence-corrected chi connectivity index (χ4v) is 0. The van der Waals surface area contributed by atoms with Crippen molar-refractivity contribution in [3.63, 3.8) is 0 Å². The number of carbonyl (C=O) groups is 2. The SMILES string of the molecule is O=C(O)C(=O)O.[Ce].[Lu].[Y]. The molecule has 0 aromatic heterocycles. The zero-order chi connectivity index (χ0) is 5.15. The minimum absolute atomic E-state index is 0. The molecule has 0 bridgehead atoms. The normalized spacial score (nSPS) is 4.89. The van der Waals surface area contributed by atoms with Crippen molar-refractivity contribution in [1.82, 2.24) is 0 Å². The van der Waals surface area contributed by atoms with Crippen LogP contribution in [-0.4, -0.2) is 22.2 Å². The van der Waals surface area contributed by atoms with E-state index in [4.69, 9.17) is 19.8 Å². The first kappa shape index (κ1) is 22.6. The zero-order valence-corrected chi connectivity index (χ0v) is 11.7. The van der Waals surface area contributed by atoms with Crippen LogP contribution in [0.25, 0.3) is 0 Å². The molecule has 0 aromatic carbocycles. The Kier molecular flexibility index (Phi) is 33.3. The fraction of sp³-hybridized carbons (Fsp3) is 0. The molecular weight excluding hydrogens is 492 g/mol. The summed E-state index contributed by atoms with van der Waals surface area (Å²) in [6.07, 6.45) is 0. The van der Waals surface area contributed by atoms with Crippen LogP contribution < -0.4 is 0 Å². The van der Waals surface area contributed by atoms with E-state index in [2.05, 4.69) is 0 Å². The molecule has 0 aliphatic rings. The minimum Gasteiger partial charge on any atom is -0.473 e. The molecule has 0 aromatic rings. The molecular formula is C2H2CeLuO4Y. The first-order valence-corrected chi connectivity index (χ1v) is 1.11. The average molecular weight is 494 g/mol. The number of hydrogen-bond donors (Lipinski definition) is 2. The smallest absolute Gasteiger partial charge is 0.414 e. The average Bonchev–Trinajstić information content (AvgIpc) is 1.36. The van der Waals surface area contributed by atoms with Gasteiger partial charge in [-0.25, -0.2) is 9.59 Å². The van der Waals surface area contributed by atoms with Crippen LogP contribution in [0.2, 0.25) is 0 Å². The Morgan fingerprint density at radius 1 is 1.00 bits per heavy atom. The summed E-state index contributed by atoms with van der Waals surface area (Å²) >= 11 is 0. The summed E-state index contributed by atoms with van der Waals surface area (Å²) < 4.78 is 0. The van der Waals surface area contributed by atoms with E-state index in [1.54, 1.807) is 0 Å². The summed E-state index contributed by atoms with van der Waals surface area (Å²) in [5.74, 6) is -3.65. The predicted molar refractivity (Wildman–Crippen MR) is 15.3 cm³/mol. The Morgan fingerprint density at radius 3 is 1.11 bits per heavy atom. The molecule has 0 unspecified atom stereocenters. The summed E-state index contributed by atoms with van der Waals surface area (Å²) in [6, 6.07) is 0. The van der Waals surface area contributed by atoms with E-state index in [1.807, 2.05) is 0 Å². The van der Waals surface area contributed by atoms with Gasteiger partial charge in [0.15, 0.2) is 0 Å². The maximum atomic E-state index is 9.10. The van der Waals surface area contributed by atoms with Crippen molar-refractivity contribution >= 4 is 11.9 Å². The first-order valence-electron chi connectivity index (χ1n) is 1.11. The van der Waals surface area contributed by atoms with Gasteiger partial charge in [0.2, 0.25) is 0 Å². The van der Waals surface area contributed by atoms with E-state index >= 15 is 0 Å². The van der Waals surface area contributed by atoms with Gasteiger partial charge in [0.1, 0.15) is 0 Å². The Bertz CT molecular complexity index is 84.6. The Hall–Kier alpha value is 2.65. The molecule has 0 heterocycles. The molecule has 4 nitrogen and oxygen atoms in total. The van der Waals surface area contributed by atoms with Gasteiger partial charge in [-0.15, -0.1) is 0 Å². The molecule has 0 amide bonds. The number of carboxylic acid groups (broad SMARTS) is 2. The van der Waals surface area contributed by atoms with Gasteiger partial charge < -0.3 is 10.2 Å². The van der Waals surface area contributed by atoms with Crippen LogP contribution in [0, 0.1) is 78.6 Å². The fourth-order valence-electron chi connectivity index (χ4n) is 0. The van der Waals surface area contributed by atoms with Crippen LogP contribution in [0.5, 0.6) is 0 Å². The van der Waals surface area contributed by atoms with Crippen LogP contribution >= 0.6 is 0 Å². The molecule has 2 N–H and O–H groups in total. The van der Waals surface area contributed by atoms with E-state index in [1.165, 1.54) is 0 Å². The Balaban J connectivity index is -0.0000000417. The molecule has 0 saturated carbocycles. The summed E-state index contributed by atoms with van der Waals surface area (Å²) in [5, 5.41) is 14.8. The van der Waals surface area contributed by atoms with Gasteiger partial charge in [-0.05, 0) is 0 Å². The maximum absolute atomic E-state index is 9.10. The maximum Gasteiger partial charge on any atom is 0.414 e. The van der Waals surface area contributed by atoms with Crippen molar-refractivity contribution in [1.29, 1.82) is 0 Å². The van der Waals surface area contributed by atoms with E-state index in [-0.39, 0.29) is 111 Å². The molecule has 0 saturated heterocycles. The van der Waals surface area contributed by atoms with Gasteiger partial charge in [-0.1, -0.05) is 0 Å². The number of rotatable bonds is 0. The van der Waals surface area contributed by atoms with Gasteiger partial charge in [-0.3, -0.25) is 0 Å². The second kappa shape index (κ2) is 13.3. The van der Waals surface area contributed by atoms with Crippen LogP contribution in [0.1, 0.15) is 0 Å². The third kappa shape index (κ3) is 18.0. The van der Waals surface area contributed by atoms with Gasteiger partial charge in [-0.2, -0.15) is 0 Å². The van der Waals surface area contributed by atoms with Crippen molar-refractivity contribution in [2.45, 2.75) is 0 Å².